The van der Waals surface area contributed by atoms with Gasteiger partial charge in [-0.3, -0.25) is 14.6 Å². The Morgan fingerprint density at radius 3 is 2.23 bits per heavy atom. The van der Waals surface area contributed by atoms with Gasteiger partial charge in [0.15, 0.2) is 5.78 Å². The van der Waals surface area contributed by atoms with Crippen LogP contribution in [0, 0.1) is 12.3 Å². The van der Waals surface area contributed by atoms with Crippen molar-refractivity contribution in [1.29, 1.82) is 0 Å². The number of pyridine rings is 1. The first-order valence-electron chi connectivity index (χ1n) is 10.6. The van der Waals surface area contributed by atoms with E-state index in [2.05, 4.69) is 48.5 Å². The molecule has 0 radical (unpaired) electrons. The molecule has 1 amide bonds. The fourth-order valence-corrected chi connectivity index (χ4v) is 2.69. The molecular weight excluding hydrogens is 469 g/mol. The first kappa shape index (κ1) is 28.6. The van der Waals surface area contributed by atoms with E-state index in [1.807, 2.05) is 0 Å². The third kappa shape index (κ3) is 9.16. The van der Waals surface area contributed by atoms with E-state index in [-0.39, 0.29) is 68.5 Å². The maximum absolute atomic E-state index is 12.1. The van der Waals surface area contributed by atoms with E-state index in [4.69, 9.17) is 9.26 Å². The molecule has 8 heteroatoms. The van der Waals surface area contributed by atoms with Crippen LogP contribution in [-0.4, -0.2) is 21.8 Å². The van der Waals surface area contributed by atoms with Gasteiger partial charge in [-0.25, -0.2) is 5.16 Å². The standard InChI is InChI=1S/C20H15N2O3.C7H10NO.K/c1-14(23)19-13-18(11-12-21-19)25-17-9-7-16(8-10-17)22-20(24)15-5-3-2-4-6-15;1-7(2,3)6-4-5-8-9-6;/h3-13H,1H3,(H,22,24);4H,1-3H3;/q2*-1;+1. The zero-order valence-electron chi connectivity index (χ0n) is 20.5. The number of ether oxygens (including phenoxy) is 1. The summed E-state index contributed by atoms with van der Waals surface area (Å²) in [5.74, 6) is 1.68. The molecule has 1 N–H and O–H groups in total. The van der Waals surface area contributed by atoms with Crippen LogP contribution in [-0.2, 0) is 5.41 Å². The van der Waals surface area contributed by atoms with Crippen molar-refractivity contribution in [2.24, 2.45) is 0 Å². The Morgan fingerprint density at radius 1 is 1.00 bits per heavy atom. The van der Waals surface area contributed by atoms with Gasteiger partial charge in [0.05, 0.1) is 0 Å². The number of rotatable bonds is 5. The fraction of sp³-hybridized carbons (Fsp3) is 0.185. The third-order valence-corrected chi connectivity index (χ3v) is 4.55. The summed E-state index contributed by atoms with van der Waals surface area (Å²) < 4.78 is 10.6. The molecule has 4 aromatic rings. The van der Waals surface area contributed by atoms with Gasteiger partial charge in [0.25, 0.3) is 0 Å². The Bertz CT molecular complexity index is 1220. The predicted octanol–water partition coefficient (Wildman–Crippen LogP) is 2.91. The molecule has 7 nitrogen and oxygen atoms in total. The monoisotopic (exact) mass is 494 g/mol. The van der Waals surface area contributed by atoms with Crippen molar-refractivity contribution in [3.8, 4) is 11.5 Å². The minimum atomic E-state index is -0.192. The number of carbonyl (C=O) groups is 2. The van der Waals surface area contributed by atoms with E-state index in [0.29, 0.717) is 28.4 Å². The van der Waals surface area contributed by atoms with E-state index < -0.39 is 0 Å². The van der Waals surface area contributed by atoms with E-state index in [9.17, 15) is 9.59 Å². The summed E-state index contributed by atoms with van der Waals surface area (Å²) in [4.78, 5) is 27.4. The number of Topliss-reactive ketones (excluding diaryl/α,β-unsaturated/α-hetero) is 1. The Labute approximate surface area is 247 Å². The predicted molar refractivity (Wildman–Crippen MR) is 128 cm³/mol. The largest absolute Gasteiger partial charge is 1.00 e. The summed E-state index contributed by atoms with van der Waals surface area (Å²) in [6.45, 7) is 7.67. The third-order valence-electron chi connectivity index (χ3n) is 4.55. The second-order valence-electron chi connectivity index (χ2n) is 8.37. The average Bonchev–Trinajstić information content (AvgIpc) is 3.37. The Hall–Kier alpha value is -2.62. The van der Waals surface area contributed by atoms with Crippen molar-refractivity contribution in [1.82, 2.24) is 10.1 Å². The summed E-state index contributed by atoms with van der Waals surface area (Å²) in [7, 11) is 0. The van der Waals surface area contributed by atoms with Gasteiger partial charge >= 0.3 is 51.4 Å². The zero-order chi connectivity index (χ0) is 24.6. The molecule has 0 saturated heterocycles. The van der Waals surface area contributed by atoms with Gasteiger partial charge in [-0.1, -0.05) is 26.3 Å². The summed E-state index contributed by atoms with van der Waals surface area (Å²) in [6.07, 6.45) is 4.15. The quantitative estimate of drug-likeness (QED) is 0.261. The molecule has 0 atom stereocenters. The number of anilines is 1. The van der Waals surface area contributed by atoms with Crippen LogP contribution in [0.25, 0.3) is 0 Å². The minimum Gasteiger partial charge on any atom is -0.470 e. The summed E-state index contributed by atoms with van der Waals surface area (Å²) in [5, 5.41) is 6.30. The van der Waals surface area contributed by atoms with Crippen LogP contribution in [0.3, 0.4) is 0 Å². The Morgan fingerprint density at radius 2 is 1.69 bits per heavy atom. The zero-order valence-corrected chi connectivity index (χ0v) is 23.6. The van der Waals surface area contributed by atoms with Crippen molar-refractivity contribution < 1.29 is 70.2 Å². The molecule has 4 rings (SSSR count). The van der Waals surface area contributed by atoms with Gasteiger partial charge in [0, 0.05) is 24.9 Å². The molecule has 0 aliphatic carbocycles. The first-order chi connectivity index (χ1) is 16.2. The SMILES string of the molecule is CC(=O)c1cc(Oc2ccc(NC(=O)c3cc[c-]cc3)cc2)ccn1.CC(C)(C)c1c[c-]no1.[K+]. The van der Waals surface area contributed by atoms with E-state index in [0.717, 1.165) is 5.76 Å². The second-order valence-corrected chi connectivity index (χ2v) is 8.37. The molecule has 174 valence electrons. The maximum atomic E-state index is 12.1. The van der Waals surface area contributed by atoms with Gasteiger partial charge in [-0.15, -0.1) is 6.20 Å². The van der Waals surface area contributed by atoms with E-state index >= 15 is 0 Å². The van der Waals surface area contributed by atoms with Crippen molar-refractivity contribution in [2.45, 2.75) is 33.1 Å². The molecule has 0 spiro atoms. The number of hydrogen-bond acceptors (Lipinski definition) is 6. The van der Waals surface area contributed by atoms with Gasteiger partial charge in [-0.2, -0.15) is 36.4 Å². The number of benzene rings is 2. The van der Waals surface area contributed by atoms with Crippen molar-refractivity contribution in [2.75, 3.05) is 5.32 Å². The smallest absolute Gasteiger partial charge is 0.470 e. The molecule has 0 fully saturated rings. The minimum absolute atomic E-state index is 0. The molecule has 0 unspecified atom stereocenters. The number of aromatic nitrogens is 2. The molecule has 35 heavy (non-hydrogen) atoms. The molecule has 2 aromatic carbocycles. The number of hydrogen-bond donors (Lipinski definition) is 1. The number of ketones is 1. The van der Waals surface area contributed by atoms with Crippen LogP contribution in [0.2, 0.25) is 0 Å². The van der Waals surface area contributed by atoms with Gasteiger partial charge in [0.2, 0.25) is 5.91 Å². The topological polar surface area (TPSA) is 94.3 Å². The average molecular weight is 495 g/mol. The molecule has 0 saturated carbocycles. The number of carbonyl (C=O) groups excluding carboxylic acids is 2. The van der Waals surface area contributed by atoms with E-state index in [1.165, 1.54) is 13.1 Å². The number of nitrogens with zero attached hydrogens (tertiary/aromatic N) is 2. The van der Waals surface area contributed by atoms with E-state index in [1.54, 1.807) is 66.7 Å². The second kappa shape index (κ2) is 13.5. The molecular formula is C27H25KN3O4-. The summed E-state index contributed by atoms with van der Waals surface area (Å²) in [5.41, 5.74) is 1.63. The Kier molecular flexibility index (Phi) is 11.0. The van der Waals surface area contributed by atoms with Crippen LogP contribution in [0.4, 0.5) is 5.69 Å². The van der Waals surface area contributed by atoms with Crippen LogP contribution in [0.15, 0.2) is 77.4 Å². The van der Waals surface area contributed by atoms with Crippen molar-refractivity contribution in [3.63, 3.8) is 0 Å². The van der Waals surface area contributed by atoms with Gasteiger partial charge in [0.1, 0.15) is 17.2 Å². The molecule has 0 aliphatic rings. The number of amides is 1. The number of nitrogens with one attached hydrogen (secondary N) is 1. The van der Waals surface area contributed by atoms with Crippen LogP contribution < -0.4 is 61.4 Å². The molecule has 2 heterocycles. The van der Waals surface area contributed by atoms with Gasteiger partial charge in [-0.05, 0) is 41.5 Å². The fourth-order valence-electron chi connectivity index (χ4n) is 2.69. The van der Waals surface area contributed by atoms with Crippen molar-refractivity contribution >= 4 is 17.4 Å². The van der Waals surface area contributed by atoms with Crippen LogP contribution >= 0.6 is 0 Å². The Balaban J connectivity index is 0.000000366. The van der Waals surface area contributed by atoms with Gasteiger partial charge < -0.3 is 14.6 Å². The molecule has 0 aliphatic heterocycles. The van der Waals surface area contributed by atoms with Crippen LogP contribution in [0.5, 0.6) is 11.5 Å². The normalized spacial score (nSPS) is 10.3. The van der Waals surface area contributed by atoms with Crippen LogP contribution in [0.1, 0.15) is 54.3 Å². The molecule has 2 aromatic heterocycles. The van der Waals surface area contributed by atoms with Crippen molar-refractivity contribution in [3.05, 3.63) is 102 Å². The summed E-state index contributed by atoms with van der Waals surface area (Å²) >= 11 is 0. The summed E-state index contributed by atoms with van der Waals surface area (Å²) in [6, 6.07) is 21.6. The first-order valence-corrected chi connectivity index (χ1v) is 10.6. The maximum Gasteiger partial charge on any atom is 1.00 e. The molecule has 0 bridgehead atoms.